The lowest BCUT2D eigenvalue weighted by Gasteiger charge is -2.12. The maximum absolute atomic E-state index is 9.45. The van der Waals surface area contributed by atoms with Gasteiger partial charge in [0.15, 0.2) is 0 Å². The molecule has 2 N–H and O–H groups in total. The second-order valence-electron chi connectivity index (χ2n) is 3.45. The van der Waals surface area contributed by atoms with Crippen LogP contribution in [-0.2, 0) is 0 Å². The number of rotatable bonds is 4. The minimum Gasteiger partial charge on any atom is -0.390 e. The van der Waals surface area contributed by atoms with Crippen molar-refractivity contribution >= 4 is 0 Å². The Morgan fingerprint density at radius 2 is 2.20 bits per heavy atom. The van der Waals surface area contributed by atoms with E-state index in [1.807, 2.05) is 7.05 Å². The Kier molecular flexibility index (Phi) is 2.32. The van der Waals surface area contributed by atoms with Gasteiger partial charge in [-0.25, -0.2) is 0 Å². The Labute approximate surface area is 62.6 Å². The highest BCUT2D eigenvalue weighted by Crippen LogP contribution is 2.39. The molecule has 0 aromatic heterocycles. The summed E-state index contributed by atoms with van der Waals surface area (Å²) >= 11 is 0. The number of hydrogen-bond acceptors (Lipinski definition) is 2. The lowest BCUT2D eigenvalue weighted by atomic mass is 10.1. The average Bonchev–Trinajstić information content (AvgIpc) is 2.64. The van der Waals surface area contributed by atoms with Gasteiger partial charge in [0.2, 0.25) is 0 Å². The minimum atomic E-state index is -0.259. The van der Waals surface area contributed by atoms with Crippen LogP contribution in [-0.4, -0.2) is 23.8 Å². The molecule has 0 spiro atoms. The molecule has 10 heavy (non-hydrogen) atoms. The van der Waals surface area contributed by atoms with E-state index in [9.17, 15) is 5.11 Å². The first-order valence-corrected chi connectivity index (χ1v) is 4.06. The maximum atomic E-state index is 9.45. The third-order valence-corrected chi connectivity index (χ3v) is 2.36. The third kappa shape index (κ3) is 2.27. The SMILES string of the molecule is CNC(C)CCC1(O)CC1. The molecule has 0 bridgehead atoms. The molecular weight excluding hydrogens is 126 g/mol. The standard InChI is InChI=1S/C8H17NO/c1-7(9-2)3-4-8(10)5-6-8/h7,9-10H,3-6H2,1-2H3. The van der Waals surface area contributed by atoms with Gasteiger partial charge in [-0.15, -0.1) is 0 Å². The van der Waals surface area contributed by atoms with Gasteiger partial charge >= 0.3 is 0 Å². The molecule has 1 atom stereocenters. The molecule has 1 unspecified atom stereocenters. The van der Waals surface area contributed by atoms with Crippen molar-refractivity contribution in [2.45, 2.75) is 44.2 Å². The van der Waals surface area contributed by atoms with Crippen LogP contribution in [0.4, 0.5) is 0 Å². The molecule has 0 aliphatic heterocycles. The van der Waals surface area contributed by atoms with Gasteiger partial charge in [0.1, 0.15) is 0 Å². The van der Waals surface area contributed by atoms with E-state index in [2.05, 4.69) is 12.2 Å². The molecule has 1 aliphatic carbocycles. The van der Waals surface area contributed by atoms with Gasteiger partial charge in [0.05, 0.1) is 5.60 Å². The fourth-order valence-electron chi connectivity index (χ4n) is 1.02. The predicted molar refractivity (Wildman–Crippen MR) is 41.9 cm³/mol. The lowest BCUT2D eigenvalue weighted by molar-refractivity contribution is 0.134. The quantitative estimate of drug-likeness (QED) is 0.613. The van der Waals surface area contributed by atoms with Gasteiger partial charge in [0.25, 0.3) is 0 Å². The van der Waals surface area contributed by atoms with E-state index in [4.69, 9.17) is 0 Å². The maximum Gasteiger partial charge on any atom is 0.0650 e. The van der Waals surface area contributed by atoms with Gasteiger partial charge in [-0.3, -0.25) is 0 Å². The molecule has 0 saturated heterocycles. The molecule has 0 amide bonds. The summed E-state index contributed by atoms with van der Waals surface area (Å²) in [5.74, 6) is 0. The molecule has 0 heterocycles. The Morgan fingerprint density at radius 3 is 2.60 bits per heavy atom. The largest absolute Gasteiger partial charge is 0.390 e. The van der Waals surface area contributed by atoms with Gasteiger partial charge in [-0.05, 0) is 39.7 Å². The van der Waals surface area contributed by atoms with E-state index in [0.29, 0.717) is 6.04 Å². The summed E-state index contributed by atoms with van der Waals surface area (Å²) in [5.41, 5.74) is -0.259. The molecule has 60 valence electrons. The van der Waals surface area contributed by atoms with Crippen LogP contribution < -0.4 is 5.32 Å². The zero-order valence-corrected chi connectivity index (χ0v) is 6.85. The first-order chi connectivity index (χ1) is 4.66. The Bertz CT molecular complexity index is 110. The molecule has 1 fully saturated rings. The highest BCUT2D eigenvalue weighted by atomic mass is 16.3. The molecule has 0 aromatic carbocycles. The molecule has 0 radical (unpaired) electrons. The molecule has 2 nitrogen and oxygen atoms in total. The second kappa shape index (κ2) is 2.89. The Balaban J connectivity index is 2.04. The van der Waals surface area contributed by atoms with E-state index in [0.717, 1.165) is 25.7 Å². The van der Waals surface area contributed by atoms with Gasteiger partial charge < -0.3 is 10.4 Å². The van der Waals surface area contributed by atoms with Crippen molar-refractivity contribution in [2.24, 2.45) is 0 Å². The highest BCUT2D eigenvalue weighted by Gasteiger charge is 2.39. The smallest absolute Gasteiger partial charge is 0.0650 e. The molecular formula is C8H17NO. The first kappa shape index (κ1) is 8.02. The van der Waals surface area contributed by atoms with Crippen LogP contribution in [0.15, 0.2) is 0 Å². The second-order valence-corrected chi connectivity index (χ2v) is 3.45. The van der Waals surface area contributed by atoms with E-state index < -0.39 is 0 Å². The zero-order chi connectivity index (χ0) is 7.61. The van der Waals surface area contributed by atoms with Crippen molar-refractivity contribution in [3.8, 4) is 0 Å². The van der Waals surface area contributed by atoms with Crippen molar-refractivity contribution in [2.75, 3.05) is 7.05 Å². The fraction of sp³-hybridized carbons (Fsp3) is 1.00. The molecule has 1 rings (SSSR count). The van der Waals surface area contributed by atoms with Crippen molar-refractivity contribution in [1.82, 2.24) is 5.32 Å². The van der Waals surface area contributed by atoms with Crippen LogP contribution in [0.5, 0.6) is 0 Å². The molecule has 0 aromatic rings. The van der Waals surface area contributed by atoms with Crippen LogP contribution in [0, 0.1) is 0 Å². The van der Waals surface area contributed by atoms with Crippen LogP contribution in [0.3, 0.4) is 0 Å². The van der Waals surface area contributed by atoms with Crippen molar-refractivity contribution < 1.29 is 5.11 Å². The summed E-state index contributed by atoms with van der Waals surface area (Å²) in [6.45, 7) is 2.14. The summed E-state index contributed by atoms with van der Waals surface area (Å²) in [4.78, 5) is 0. The Hall–Kier alpha value is -0.0800. The Morgan fingerprint density at radius 1 is 1.60 bits per heavy atom. The normalized spacial score (nSPS) is 24.3. The number of aliphatic hydroxyl groups is 1. The fourth-order valence-corrected chi connectivity index (χ4v) is 1.02. The summed E-state index contributed by atoms with van der Waals surface area (Å²) in [5, 5.41) is 12.6. The van der Waals surface area contributed by atoms with Gasteiger partial charge in [-0.2, -0.15) is 0 Å². The lowest BCUT2D eigenvalue weighted by Crippen LogP contribution is -2.23. The molecule has 2 heteroatoms. The van der Waals surface area contributed by atoms with Crippen LogP contribution >= 0.6 is 0 Å². The number of hydrogen-bond donors (Lipinski definition) is 2. The minimum absolute atomic E-state index is 0.259. The van der Waals surface area contributed by atoms with E-state index in [1.54, 1.807) is 0 Å². The van der Waals surface area contributed by atoms with E-state index >= 15 is 0 Å². The highest BCUT2D eigenvalue weighted by molar-refractivity contribution is 4.93. The first-order valence-electron chi connectivity index (χ1n) is 4.06. The van der Waals surface area contributed by atoms with E-state index in [1.165, 1.54) is 0 Å². The topological polar surface area (TPSA) is 32.3 Å². The van der Waals surface area contributed by atoms with Crippen molar-refractivity contribution in [1.29, 1.82) is 0 Å². The van der Waals surface area contributed by atoms with Crippen LogP contribution in [0.1, 0.15) is 32.6 Å². The average molecular weight is 143 g/mol. The molecule has 1 aliphatic rings. The summed E-state index contributed by atoms with van der Waals surface area (Å²) in [6, 6.07) is 0.546. The number of nitrogens with one attached hydrogen (secondary N) is 1. The molecule has 1 saturated carbocycles. The summed E-state index contributed by atoms with van der Waals surface area (Å²) in [7, 11) is 1.96. The van der Waals surface area contributed by atoms with Crippen molar-refractivity contribution in [3.63, 3.8) is 0 Å². The van der Waals surface area contributed by atoms with Crippen molar-refractivity contribution in [3.05, 3.63) is 0 Å². The third-order valence-electron chi connectivity index (χ3n) is 2.36. The predicted octanol–water partition coefficient (Wildman–Crippen LogP) is 0.899. The zero-order valence-electron chi connectivity index (χ0n) is 6.85. The summed E-state index contributed by atoms with van der Waals surface area (Å²) < 4.78 is 0. The summed E-state index contributed by atoms with van der Waals surface area (Å²) in [6.07, 6.45) is 4.09. The van der Waals surface area contributed by atoms with Crippen LogP contribution in [0.2, 0.25) is 0 Å². The van der Waals surface area contributed by atoms with Gasteiger partial charge in [0, 0.05) is 6.04 Å². The van der Waals surface area contributed by atoms with Gasteiger partial charge in [-0.1, -0.05) is 0 Å². The monoisotopic (exact) mass is 143 g/mol. The van der Waals surface area contributed by atoms with E-state index in [-0.39, 0.29) is 5.60 Å². The van der Waals surface area contributed by atoms with Crippen LogP contribution in [0.25, 0.3) is 0 Å².